The molecule has 0 amide bonds. The predicted octanol–water partition coefficient (Wildman–Crippen LogP) is 13.7. The molecule has 0 aliphatic carbocycles. The van der Waals surface area contributed by atoms with Crippen LogP contribution in [-0.4, -0.2) is 193 Å². The van der Waals surface area contributed by atoms with Crippen LogP contribution in [-0.2, 0) is 43.0 Å². The molecule has 3 saturated heterocycles. The van der Waals surface area contributed by atoms with E-state index in [1.54, 1.807) is 41.7 Å². The van der Waals surface area contributed by atoms with Crippen molar-refractivity contribution in [2.45, 2.75) is 158 Å². The monoisotopic (exact) mass is 1730 g/mol. The molecule has 6 aromatic rings. The number of carboxylic acids is 3. The molecule has 112 heavy (non-hydrogen) atoms. The van der Waals surface area contributed by atoms with E-state index in [4.69, 9.17) is 52.7 Å². The first-order chi connectivity index (χ1) is 53.0. The second-order valence-electron chi connectivity index (χ2n) is 26.6. The Balaban J connectivity index is 0.000000178. The number of aliphatic carboxylic acids is 3. The SMILES string of the molecule is CCOC(=O)C1=C(CN2C(C)C(F)(F)C[C@H]2CCC(=O)O)NC(c2nccs2)=N[C@H]1c1ccc(F)cc1Cl.COC(=O)C1=C(CN2C(C)C(F)(F)C[C@H]2CCC(=O)O)NC(c2nccs2)=N[C@H]1c1ccc(F)cc1Br.COC(=O)C1=C(CN2C(C)C(F)(F)C[C@H]2CCC(=O)O)NC(c2nccs2)=N[C@H]1c1ccc(F)cc1Cl. The van der Waals surface area contributed by atoms with Crippen LogP contribution in [0.4, 0.5) is 39.5 Å². The van der Waals surface area contributed by atoms with Crippen LogP contribution in [0.25, 0.3) is 0 Å². The van der Waals surface area contributed by atoms with E-state index in [9.17, 15) is 68.3 Å². The molecule has 6 aliphatic rings. The van der Waals surface area contributed by atoms with E-state index in [0.717, 1.165) is 12.1 Å². The highest BCUT2D eigenvalue weighted by Gasteiger charge is 2.55. The summed E-state index contributed by atoms with van der Waals surface area (Å²) in [5.41, 5.74) is 2.02. The number of thiazole rings is 3. The second kappa shape index (κ2) is 36.6. The Kier molecular flexibility index (Phi) is 28.0. The number of nitrogens with zero attached hydrogens (tertiary/aromatic N) is 9. The van der Waals surface area contributed by atoms with Gasteiger partial charge in [0, 0.05) is 154 Å². The topological polar surface area (TPSA) is 312 Å². The number of carbonyl (C=O) groups is 6. The first-order valence-electron chi connectivity index (χ1n) is 34.7. The average molecular weight is 1730 g/mol. The third-order valence-corrected chi connectivity index (χ3v) is 23.4. The zero-order valence-corrected chi connectivity index (χ0v) is 65.9. The Labute approximate surface area is 665 Å². The number of hydrogen-bond acceptors (Lipinski definition) is 24. The summed E-state index contributed by atoms with van der Waals surface area (Å²) in [7, 11) is 2.38. The van der Waals surface area contributed by atoms with Crippen LogP contribution in [0.1, 0.15) is 135 Å². The number of hydrogen-bond donors (Lipinski definition) is 6. The minimum atomic E-state index is -3.06. The number of methoxy groups -OCH3 is 2. The number of carboxylic acid groups (broad SMARTS) is 3. The third-order valence-electron chi connectivity index (χ3n) is 19.7. The van der Waals surface area contributed by atoms with Gasteiger partial charge in [-0.05, 0) is 88.9 Å². The maximum Gasteiger partial charge on any atom is 0.338 e. The van der Waals surface area contributed by atoms with Gasteiger partial charge < -0.3 is 45.5 Å². The lowest BCUT2D eigenvalue weighted by atomic mass is 9.95. The summed E-state index contributed by atoms with van der Waals surface area (Å²) in [6, 6.07) is 2.45. The van der Waals surface area contributed by atoms with Gasteiger partial charge in [-0.2, -0.15) is 0 Å². The molecule has 6 N–H and O–H groups in total. The van der Waals surface area contributed by atoms with Crippen molar-refractivity contribution >= 4 is 126 Å². The number of aromatic nitrogens is 3. The molecule has 9 heterocycles. The summed E-state index contributed by atoms with van der Waals surface area (Å²) >= 11 is 19.9. The molecule has 39 heteroatoms. The smallest absolute Gasteiger partial charge is 0.338 e. The molecule has 0 radical (unpaired) electrons. The number of carbonyl (C=O) groups excluding carboxylic acids is 3. The number of halogens is 12. The number of ether oxygens (including phenoxy) is 3. The molecule has 3 aromatic carbocycles. The number of rotatable bonds is 25. The molecule has 0 bridgehead atoms. The summed E-state index contributed by atoms with van der Waals surface area (Å²) in [6.45, 7) is 5.38. The summed E-state index contributed by atoms with van der Waals surface area (Å²) in [4.78, 5) is 104. The van der Waals surface area contributed by atoms with Gasteiger partial charge in [-0.3, -0.25) is 44.1 Å². The Morgan fingerprint density at radius 1 is 0.509 bits per heavy atom. The van der Waals surface area contributed by atoms with Crippen molar-refractivity contribution in [1.82, 2.24) is 45.6 Å². The molecule has 9 atom stereocenters. The van der Waals surface area contributed by atoms with E-state index in [1.165, 1.54) is 126 Å². The van der Waals surface area contributed by atoms with Crippen molar-refractivity contribution in [2.24, 2.45) is 15.0 Å². The van der Waals surface area contributed by atoms with E-state index in [0.29, 0.717) is 42.0 Å². The van der Waals surface area contributed by atoms with Gasteiger partial charge >= 0.3 is 35.8 Å². The fourth-order valence-corrected chi connectivity index (χ4v) is 16.9. The summed E-state index contributed by atoms with van der Waals surface area (Å²) < 4.78 is 146. The largest absolute Gasteiger partial charge is 0.481 e. The maximum absolute atomic E-state index is 14.8. The summed E-state index contributed by atoms with van der Waals surface area (Å²) in [6.07, 6.45) is 2.42. The van der Waals surface area contributed by atoms with Crippen LogP contribution in [0.15, 0.2) is 143 Å². The van der Waals surface area contributed by atoms with Crippen LogP contribution in [0, 0.1) is 17.5 Å². The van der Waals surface area contributed by atoms with Crippen LogP contribution in [0.5, 0.6) is 0 Å². The first kappa shape index (κ1) is 85.7. The van der Waals surface area contributed by atoms with E-state index in [-0.39, 0.29) is 120 Å². The van der Waals surface area contributed by atoms with Crippen molar-refractivity contribution in [3.05, 3.63) is 187 Å². The highest BCUT2D eigenvalue weighted by Crippen LogP contribution is 2.47. The fourth-order valence-electron chi connectivity index (χ4n) is 14.0. The van der Waals surface area contributed by atoms with Crippen molar-refractivity contribution < 1.29 is 97.8 Å². The molecule has 12 rings (SSSR count). The van der Waals surface area contributed by atoms with Gasteiger partial charge in [0.1, 0.15) is 35.6 Å². The lowest BCUT2D eigenvalue weighted by Gasteiger charge is -2.33. The number of amidine groups is 3. The van der Waals surface area contributed by atoms with Gasteiger partial charge in [0.2, 0.25) is 0 Å². The van der Waals surface area contributed by atoms with Gasteiger partial charge in [-0.25, -0.2) is 68.8 Å². The minimum absolute atomic E-state index is 0.0107. The van der Waals surface area contributed by atoms with E-state index in [2.05, 4.69) is 61.8 Å². The Hall–Kier alpha value is -8.69. The van der Waals surface area contributed by atoms with Crippen molar-refractivity contribution in [3.8, 4) is 0 Å². The third kappa shape index (κ3) is 19.9. The zero-order chi connectivity index (χ0) is 81.4. The van der Waals surface area contributed by atoms with Gasteiger partial charge in [-0.15, -0.1) is 34.0 Å². The highest BCUT2D eigenvalue weighted by atomic mass is 79.9. The zero-order valence-electron chi connectivity index (χ0n) is 60.3. The van der Waals surface area contributed by atoms with Crippen molar-refractivity contribution in [1.29, 1.82) is 0 Å². The van der Waals surface area contributed by atoms with E-state index >= 15 is 0 Å². The highest BCUT2D eigenvalue weighted by molar-refractivity contribution is 9.10. The average Bonchev–Trinajstić information content (AvgIpc) is 1.28. The van der Waals surface area contributed by atoms with Gasteiger partial charge in [0.05, 0.1) is 55.7 Å². The summed E-state index contributed by atoms with van der Waals surface area (Å²) in [5, 5.41) is 43.4. The normalized spacial score (nSPS) is 23.4. The number of alkyl halides is 6. The molecule has 600 valence electrons. The Morgan fingerprint density at radius 3 is 1.09 bits per heavy atom. The van der Waals surface area contributed by atoms with Crippen LogP contribution >= 0.6 is 73.1 Å². The fraction of sp³-hybridized carbons (Fsp3) is 0.425. The maximum atomic E-state index is 14.8. The van der Waals surface area contributed by atoms with Gasteiger partial charge in [0.25, 0.3) is 17.8 Å². The van der Waals surface area contributed by atoms with Gasteiger partial charge in [0.15, 0.2) is 32.5 Å². The van der Waals surface area contributed by atoms with Gasteiger partial charge in [-0.1, -0.05) is 57.3 Å². The molecule has 0 saturated carbocycles. The van der Waals surface area contributed by atoms with Crippen LogP contribution in [0.2, 0.25) is 10.0 Å². The van der Waals surface area contributed by atoms with E-state index < -0.39 is 145 Å². The quantitative estimate of drug-likeness (QED) is 0.0176. The molecule has 3 aromatic heterocycles. The minimum Gasteiger partial charge on any atom is -0.481 e. The molecule has 24 nitrogen and oxygen atoms in total. The first-order valence-corrected chi connectivity index (χ1v) is 38.9. The second-order valence-corrected chi connectivity index (χ2v) is 31.0. The molecule has 0 spiro atoms. The molecule has 6 aliphatic heterocycles. The molecular formula is C73H74BrCl2F9N12O12S3. The number of esters is 3. The molecule has 3 unspecified atom stereocenters. The molecule has 3 fully saturated rings. The number of aliphatic imine (C=N–C) groups is 3. The van der Waals surface area contributed by atoms with Crippen molar-refractivity contribution in [3.63, 3.8) is 0 Å². The van der Waals surface area contributed by atoms with E-state index in [1.807, 2.05) is 0 Å². The molecular weight excluding hydrogens is 1650 g/mol. The predicted molar refractivity (Wildman–Crippen MR) is 401 cm³/mol. The Morgan fingerprint density at radius 2 is 0.812 bits per heavy atom. The summed E-state index contributed by atoms with van der Waals surface area (Å²) in [5.74, 6) is -15.4. The van der Waals surface area contributed by atoms with Crippen LogP contribution < -0.4 is 16.0 Å². The van der Waals surface area contributed by atoms with Crippen molar-refractivity contribution in [2.75, 3.05) is 40.5 Å². The Bertz CT molecular complexity index is 4510. The number of likely N-dealkylation sites (tertiary alicyclic amines) is 3. The number of nitrogens with one attached hydrogen (secondary N) is 3. The standard InChI is InChI=1S/C25H26ClF3N4O4S.C24H24BrF3N4O4S.C24H24ClF3N4O4S/c1-3-37-24(36)20-18(12-33-13(2)25(28,29)11-15(33)5-7-19(34)35)31-22(23-30-8-9-38-23)32-21(20)16-6-4-14(27)10-17(16)26;2*1-12-24(27,28)10-14(4-6-18(33)34)32(12)11-17-19(23(35)36-2)20(15-5-3-13(26)9-16(15)25)31-21(30-17)22-29-7-8-37-22/h4,6,8-10,13,15,21H,3,5,7,11-12H2,1-2H3,(H,31,32)(H,34,35);2*3,5,7-9,12,14,20H,4,6,10-11H2,1-2H3,(H,30,31)(H,33,34)/t13?,15-,21+;2*12?,14-,20+/m111/s1. The van der Waals surface area contributed by atoms with Crippen LogP contribution in [0.3, 0.4) is 0 Å². The lowest BCUT2D eigenvalue weighted by Crippen LogP contribution is -2.45. The number of benzene rings is 3. The lowest BCUT2D eigenvalue weighted by molar-refractivity contribution is -0.139.